The summed E-state index contributed by atoms with van der Waals surface area (Å²) in [7, 11) is 0. The first-order valence-corrected chi connectivity index (χ1v) is 7.48. The summed E-state index contributed by atoms with van der Waals surface area (Å²) in [6, 6.07) is 1.16. The summed E-state index contributed by atoms with van der Waals surface area (Å²) in [5.41, 5.74) is 6.60. The van der Waals surface area contributed by atoms with Gasteiger partial charge in [0.05, 0.1) is 0 Å². The number of rotatable bonds is 2. The number of nitrogens with zero attached hydrogens (tertiary/aromatic N) is 1. The molecule has 2 rings (SSSR count). The van der Waals surface area contributed by atoms with Crippen LogP contribution in [0.2, 0.25) is 0 Å². The fourth-order valence-corrected chi connectivity index (χ4v) is 3.48. The standard InChI is InChI=1S/C15H30N2/c1-15(2,3)14(16)11-17-10-6-8-12-7-4-5-9-13(12)17/h12-14H,4-11,16H2,1-3H3/t12?,13?,14-/m1/s1. The molecule has 0 aromatic rings. The summed E-state index contributed by atoms with van der Waals surface area (Å²) in [6.45, 7) is 9.18. The fourth-order valence-electron chi connectivity index (χ4n) is 3.48. The highest BCUT2D eigenvalue weighted by Crippen LogP contribution is 2.35. The lowest BCUT2D eigenvalue weighted by Gasteiger charge is -2.46. The van der Waals surface area contributed by atoms with E-state index in [1.807, 2.05) is 0 Å². The van der Waals surface area contributed by atoms with E-state index in [0.29, 0.717) is 6.04 Å². The lowest BCUT2D eigenvalue weighted by Crippen LogP contribution is -2.53. The summed E-state index contributed by atoms with van der Waals surface area (Å²) >= 11 is 0. The van der Waals surface area contributed by atoms with Gasteiger partial charge in [0.25, 0.3) is 0 Å². The SMILES string of the molecule is CC(C)(C)[C@H](N)CN1CCCC2CCCCC21. The predicted molar refractivity (Wildman–Crippen MR) is 74.0 cm³/mol. The van der Waals surface area contributed by atoms with Gasteiger partial charge in [-0.05, 0) is 43.6 Å². The van der Waals surface area contributed by atoms with Gasteiger partial charge in [0.15, 0.2) is 0 Å². The van der Waals surface area contributed by atoms with Crippen molar-refractivity contribution in [1.82, 2.24) is 4.90 Å². The van der Waals surface area contributed by atoms with Crippen molar-refractivity contribution in [3.05, 3.63) is 0 Å². The number of nitrogens with two attached hydrogens (primary N) is 1. The van der Waals surface area contributed by atoms with E-state index in [-0.39, 0.29) is 5.41 Å². The van der Waals surface area contributed by atoms with Crippen LogP contribution in [0.4, 0.5) is 0 Å². The molecule has 3 atom stereocenters. The molecule has 1 aliphatic carbocycles. The zero-order chi connectivity index (χ0) is 12.5. The highest BCUT2D eigenvalue weighted by Gasteiger charge is 2.35. The number of likely N-dealkylation sites (tertiary alicyclic amines) is 1. The smallest absolute Gasteiger partial charge is 0.0217 e. The molecule has 1 heterocycles. The van der Waals surface area contributed by atoms with Gasteiger partial charge >= 0.3 is 0 Å². The molecule has 0 spiro atoms. The summed E-state index contributed by atoms with van der Waals surface area (Å²) in [6.07, 6.45) is 8.63. The van der Waals surface area contributed by atoms with Gasteiger partial charge in [0, 0.05) is 18.6 Å². The number of hydrogen-bond acceptors (Lipinski definition) is 2. The average molecular weight is 238 g/mol. The number of fused-ring (bicyclic) bond motifs is 1. The van der Waals surface area contributed by atoms with Crippen LogP contribution in [0, 0.1) is 11.3 Å². The van der Waals surface area contributed by atoms with E-state index in [4.69, 9.17) is 5.73 Å². The lowest BCUT2D eigenvalue weighted by atomic mass is 9.77. The Morgan fingerprint density at radius 2 is 1.76 bits per heavy atom. The summed E-state index contributed by atoms with van der Waals surface area (Å²) < 4.78 is 0. The van der Waals surface area contributed by atoms with Crippen LogP contribution in [0.15, 0.2) is 0 Å². The molecule has 0 amide bonds. The minimum atomic E-state index is 0.238. The maximum atomic E-state index is 6.36. The van der Waals surface area contributed by atoms with Crippen LogP contribution in [0.5, 0.6) is 0 Å². The zero-order valence-electron chi connectivity index (χ0n) is 11.9. The van der Waals surface area contributed by atoms with Gasteiger partial charge in [0.1, 0.15) is 0 Å². The second-order valence-electron chi connectivity index (χ2n) is 7.22. The topological polar surface area (TPSA) is 29.3 Å². The van der Waals surface area contributed by atoms with E-state index in [0.717, 1.165) is 18.5 Å². The largest absolute Gasteiger partial charge is 0.326 e. The third kappa shape index (κ3) is 3.23. The molecule has 2 aliphatic rings. The van der Waals surface area contributed by atoms with Crippen molar-refractivity contribution >= 4 is 0 Å². The minimum absolute atomic E-state index is 0.238. The Bertz CT molecular complexity index is 242. The molecule has 100 valence electrons. The molecule has 1 saturated carbocycles. The fraction of sp³-hybridized carbons (Fsp3) is 1.00. The Morgan fingerprint density at radius 3 is 2.47 bits per heavy atom. The molecule has 2 N–H and O–H groups in total. The molecule has 1 aliphatic heterocycles. The third-order valence-corrected chi connectivity index (χ3v) is 4.90. The molecule has 2 nitrogen and oxygen atoms in total. The van der Waals surface area contributed by atoms with Crippen molar-refractivity contribution in [3.63, 3.8) is 0 Å². The summed E-state index contributed by atoms with van der Waals surface area (Å²) in [5.74, 6) is 0.977. The first kappa shape index (κ1) is 13.4. The molecular formula is C15H30N2. The monoisotopic (exact) mass is 238 g/mol. The molecule has 2 fully saturated rings. The van der Waals surface area contributed by atoms with Crippen LogP contribution < -0.4 is 5.73 Å². The van der Waals surface area contributed by atoms with Crippen molar-refractivity contribution < 1.29 is 0 Å². The molecule has 2 unspecified atom stereocenters. The van der Waals surface area contributed by atoms with E-state index in [9.17, 15) is 0 Å². The van der Waals surface area contributed by atoms with Crippen LogP contribution in [-0.2, 0) is 0 Å². The zero-order valence-corrected chi connectivity index (χ0v) is 11.9. The van der Waals surface area contributed by atoms with Crippen LogP contribution >= 0.6 is 0 Å². The van der Waals surface area contributed by atoms with Gasteiger partial charge in [0.2, 0.25) is 0 Å². The second-order valence-corrected chi connectivity index (χ2v) is 7.22. The van der Waals surface area contributed by atoms with E-state index in [1.54, 1.807) is 0 Å². The Kier molecular flexibility index (Phi) is 4.14. The normalized spacial score (nSPS) is 33.2. The number of piperidine rings is 1. The Hall–Kier alpha value is -0.0800. The summed E-state index contributed by atoms with van der Waals surface area (Å²) in [4.78, 5) is 2.71. The van der Waals surface area contributed by atoms with Crippen LogP contribution in [0.1, 0.15) is 59.3 Å². The highest BCUT2D eigenvalue weighted by molar-refractivity contribution is 4.90. The minimum Gasteiger partial charge on any atom is -0.326 e. The Balaban J connectivity index is 1.95. The molecular weight excluding hydrogens is 208 g/mol. The van der Waals surface area contributed by atoms with Crippen LogP contribution in [0.3, 0.4) is 0 Å². The van der Waals surface area contributed by atoms with Gasteiger partial charge in [-0.25, -0.2) is 0 Å². The van der Waals surface area contributed by atoms with Gasteiger partial charge < -0.3 is 5.73 Å². The van der Waals surface area contributed by atoms with Crippen molar-refractivity contribution in [2.75, 3.05) is 13.1 Å². The summed E-state index contributed by atoms with van der Waals surface area (Å²) in [5, 5.41) is 0. The predicted octanol–water partition coefficient (Wildman–Crippen LogP) is 3.01. The van der Waals surface area contributed by atoms with E-state index in [2.05, 4.69) is 25.7 Å². The third-order valence-electron chi connectivity index (χ3n) is 4.90. The maximum absolute atomic E-state index is 6.36. The van der Waals surface area contributed by atoms with Gasteiger partial charge in [-0.3, -0.25) is 4.90 Å². The van der Waals surface area contributed by atoms with Crippen molar-refractivity contribution in [2.24, 2.45) is 17.1 Å². The van der Waals surface area contributed by atoms with Gasteiger partial charge in [-0.2, -0.15) is 0 Å². The van der Waals surface area contributed by atoms with Gasteiger partial charge in [-0.1, -0.05) is 33.6 Å². The molecule has 1 saturated heterocycles. The maximum Gasteiger partial charge on any atom is 0.0217 e. The van der Waals surface area contributed by atoms with E-state index >= 15 is 0 Å². The first-order chi connectivity index (χ1) is 7.98. The molecule has 0 bridgehead atoms. The molecule has 17 heavy (non-hydrogen) atoms. The molecule has 0 radical (unpaired) electrons. The van der Waals surface area contributed by atoms with Crippen molar-refractivity contribution in [1.29, 1.82) is 0 Å². The van der Waals surface area contributed by atoms with E-state index in [1.165, 1.54) is 45.1 Å². The number of hydrogen-bond donors (Lipinski definition) is 1. The van der Waals surface area contributed by atoms with E-state index < -0.39 is 0 Å². The highest BCUT2D eigenvalue weighted by atomic mass is 15.2. The first-order valence-electron chi connectivity index (χ1n) is 7.48. The Morgan fingerprint density at radius 1 is 1.12 bits per heavy atom. The van der Waals surface area contributed by atoms with Crippen molar-refractivity contribution in [3.8, 4) is 0 Å². The Labute approximate surface area is 107 Å². The molecule has 0 aromatic carbocycles. The average Bonchev–Trinajstić information content (AvgIpc) is 2.28. The van der Waals surface area contributed by atoms with Crippen molar-refractivity contribution in [2.45, 2.75) is 71.4 Å². The van der Waals surface area contributed by atoms with Gasteiger partial charge in [-0.15, -0.1) is 0 Å². The quantitative estimate of drug-likeness (QED) is 0.801. The molecule has 0 aromatic heterocycles. The van der Waals surface area contributed by atoms with Crippen LogP contribution in [0.25, 0.3) is 0 Å². The lowest BCUT2D eigenvalue weighted by molar-refractivity contribution is 0.0457. The molecule has 2 heteroatoms. The second kappa shape index (κ2) is 5.27. The van der Waals surface area contributed by atoms with Crippen LogP contribution in [-0.4, -0.2) is 30.1 Å².